The van der Waals surface area contributed by atoms with Gasteiger partial charge in [-0.25, -0.2) is 5.43 Å². The Hall–Kier alpha value is -3.40. The molecule has 0 saturated heterocycles. The molecule has 0 fully saturated rings. The Morgan fingerprint density at radius 2 is 1.59 bits per heavy atom. The molecular formula is C29H24ClIN2O4. The number of aliphatic hydroxyl groups is 1. The lowest BCUT2D eigenvalue weighted by Crippen LogP contribution is -2.43. The monoisotopic (exact) mass is 626 g/mol. The molecule has 0 aliphatic rings. The standard InChI is InChI=1S/C29H24ClIN2O4/c1-36-26-17-21(16-25(31)27(26)37-19-20-12-14-24(30)15-13-20)18-32-33-28(34)29(35,22-8-4-2-5-9-22)23-10-6-3-7-11-23/h2-18,35H,19H2,1H3,(H,33,34)/b32-18-. The second-order valence-electron chi connectivity index (χ2n) is 8.09. The number of carbonyl (C=O) groups is 1. The minimum Gasteiger partial charge on any atom is -0.493 e. The maximum absolute atomic E-state index is 13.2. The normalized spacial score (nSPS) is 11.4. The molecule has 4 aromatic rings. The van der Waals surface area contributed by atoms with Gasteiger partial charge in [0.2, 0.25) is 0 Å². The van der Waals surface area contributed by atoms with E-state index in [9.17, 15) is 9.90 Å². The fourth-order valence-electron chi connectivity index (χ4n) is 3.72. The van der Waals surface area contributed by atoms with Crippen molar-refractivity contribution in [1.82, 2.24) is 5.43 Å². The van der Waals surface area contributed by atoms with Gasteiger partial charge < -0.3 is 14.6 Å². The molecule has 0 aliphatic heterocycles. The van der Waals surface area contributed by atoms with Crippen molar-refractivity contribution < 1.29 is 19.4 Å². The maximum Gasteiger partial charge on any atom is 0.281 e. The molecule has 0 spiro atoms. The predicted octanol–water partition coefficient (Wildman–Crippen LogP) is 5.92. The molecule has 4 aromatic carbocycles. The molecule has 37 heavy (non-hydrogen) atoms. The highest BCUT2D eigenvalue weighted by Gasteiger charge is 2.39. The summed E-state index contributed by atoms with van der Waals surface area (Å²) in [5, 5.41) is 16.3. The molecular weight excluding hydrogens is 603 g/mol. The van der Waals surface area contributed by atoms with Gasteiger partial charge in [0.05, 0.1) is 16.9 Å². The van der Waals surface area contributed by atoms with Gasteiger partial charge >= 0.3 is 0 Å². The molecule has 0 unspecified atom stereocenters. The fraction of sp³-hybridized carbons (Fsp3) is 0.103. The Bertz CT molecular complexity index is 1340. The third kappa shape index (κ3) is 6.30. The van der Waals surface area contributed by atoms with Gasteiger partial charge in [-0.3, -0.25) is 4.79 Å². The van der Waals surface area contributed by atoms with Gasteiger partial charge in [0.25, 0.3) is 5.91 Å². The first-order valence-corrected chi connectivity index (χ1v) is 12.8. The van der Waals surface area contributed by atoms with E-state index in [2.05, 4.69) is 33.1 Å². The molecule has 0 bridgehead atoms. The number of amides is 1. The summed E-state index contributed by atoms with van der Waals surface area (Å²) in [5.74, 6) is 0.450. The summed E-state index contributed by atoms with van der Waals surface area (Å²) < 4.78 is 12.3. The third-order valence-corrected chi connectivity index (χ3v) is 6.69. The number of rotatable bonds is 9. The first kappa shape index (κ1) is 26.7. The summed E-state index contributed by atoms with van der Waals surface area (Å²) in [6, 6.07) is 28.6. The van der Waals surface area contributed by atoms with Crippen LogP contribution in [0.3, 0.4) is 0 Å². The van der Waals surface area contributed by atoms with Crippen molar-refractivity contribution in [2.45, 2.75) is 12.2 Å². The predicted molar refractivity (Wildman–Crippen MR) is 153 cm³/mol. The molecule has 188 valence electrons. The van der Waals surface area contributed by atoms with Crippen molar-refractivity contribution in [3.8, 4) is 11.5 Å². The number of halogens is 2. The van der Waals surface area contributed by atoms with Crippen molar-refractivity contribution in [2.75, 3.05) is 7.11 Å². The van der Waals surface area contributed by atoms with Crippen molar-refractivity contribution in [1.29, 1.82) is 0 Å². The van der Waals surface area contributed by atoms with Gasteiger partial charge in [-0.15, -0.1) is 0 Å². The molecule has 1 amide bonds. The number of hydrogen-bond acceptors (Lipinski definition) is 5. The molecule has 0 aromatic heterocycles. The van der Waals surface area contributed by atoms with Crippen molar-refractivity contribution >= 4 is 46.3 Å². The van der Waals surface area contributed by atoms with Crippen LogP contribution in [0.2, 0.25) is 5.02 Å². The second-order valence-corrected chi connectivity index (χ2v) is 9.69. The highest BCUT2D eigenvalue weighted by Crippen LogP contribution is 2.34. The van der Waals surface area contributed by atoms with Crippen molar-refractivity contribution in [2.24, 2.45) is 5.10 Å². The smallest absolute Gasteiger partial charge is 0.281 e. The molecule has 2 N–H and O–H groups in total. The molecule has 0 radical (unpaired) electrons. The van der Waals surface area contributed by atoms with Crippen LogP contribution in [0.25, 0.3) is 0 Å². The quantitative estimate of drug-likeness (QED) is 0.137. The second kappa shape index (κ2) is 12.2. The number of hydrogen-bond donors (Lipinski definition) is 2. The lowest BCUT2D eigenvalue weighted by molar-refractivity contribution is -0.136. The van der Waals surface area contributed by atoms with Crippen LogP contribution in [-0.2, 0) is 17.0 Å². The van der Waals surface area contributed by atoms with Crippen LogP contribution in [-0.4, -0.2) is 24.3 Å². The van der Waals surface area contributed by atoms with E-state index in [1.165, 1.54) is 6.21 Å². The number of ether oxygens (including phenoxy) is 2. The zero-order chi connectivity index (χ0) is 26.3. The van der Waals surface area contributed by atoms with Crippen molar-refractivity contribution in [3.63, 3.8) is 0 Å². The number of methoxy groups -OCH3 is 1. The molecule has 8 heteroatoms. The Morgan fingerprint density at radius 3 is 2.16 bits per heavy atom. The van der Waals surface area contributed by atoms with Gasteiger partial charge in [-0.05, 0) is 69.1 Å². The fourth-order valence-corrected chi connectivity index (χ4v) is 4.63. The van der Waals surface area contributed by atoms with E-state index in [1.54, 1.807) is 61.7 Å². The van der Waals surface area contributed by atoms with Gasteiger partial charge in [-0.1, -0.05) is 84.4 Å². The Labute approximate surface area is 234 Å². The molecule has 6 nitrogen and oxygen atoms in total. The number of hydrazone groups is 1. The van der Waals surface area contributed by atoms with E-state index >= 15 is 0 Å². The first-order valence-electron chi connectivity index (χ1n) is 11.3. The van der Waals surface area contributed by atoms with E-state index in [-0.39, 0.29) is 0 Å². The van der Waals surface area contributed by atoms with Crippen LogP contribution >= 0.6 is 34.2 Å². The zero-order valence-electron chi connectivity index (χ0n) is 19.9. The summed E-state index contributed by atoms with van der Waals surface area (Å²) >= 11 is 8.11. The van der Waals surface area contributed by atoms with Crippen LogP contribution in [0.15, 0.2) is 102 Å². The van der Waals surface area contributed by atoms with Gasteiger partial charge in [-0.2, -0.15) is 5.10 Å². The summed E-state index contributed by atoms with van der Waals surface area (Å²) in [7, 11) is 1.56. The van der Waals surface area contributed by atoms with Crippen LogP contribution in [0.1, 0.15) is 22.3 Å². The van der Waals surface area contributed by atoms with E-state index < -0.39 is 11.5 Å². The zero-order valence-corrected chi connectivity index (χ0v) is 22.8. The summed E-state index contributed by atoms with van der Waals surface area (Å²) in [4.78, 5) is 13.2. The molecule has 4 rings (SSSR count). The number of benzene rings is 4. The summed E-state index contributed by atoms with van der Waals surface area (Å²) in [6.07, 6.45) is 1.49. The number of nitrogens with zero attached hydrogens (tertiary/aromatic N) is 1. The Balaban J connectivity index is 1.52. The van der Waals surface area contributed by atoms with Crippen LogP contribution in [0, 0.1) is 3.57 Å². The van der Waals surface area contributed by atoms with Crippen molar-refractivity contribution in [3.05, 3.63) is 128 Å². The topological polar surface area (TPSA) is 80.2 Å². The average Bonchev–Trinajstić information content (AvgIpc) is 2.93. The molecule has 0 saturated carbocycles. The first-order chi connectivity index (χ1) is 17.9. The lowest BCUT2D eigenvalue weighted by atomic mass is 9.85. The van der Waals surface area contributed by atoms with Gasteiger partial charge in [0.15, 0.2) is 17.1 Å². The van der Waals surface area contributed by atoms with E-state index in [1.807, 2.05) is 42.5 Å². The largest absolute Gasteiger partial charge is 0.493 e. The Kier molecular flexibility index (Phi) is 8.81. The number of carbonyl (C=O) groups excluding carboxylic acids is 1. The third-order valence-electron chi connectivity index (χ3n) is 5.64. The van der Waals surface area contributed by atoms with E-state index in [4.69, 9.17) is 21.1 Å². The highest BCUT2D eigenvalue weighted by molar-refractivity contribution is 14.1. The Morgan fingerprint density at radius 1 is 1.00 bits per heavy atom. The molecule has 0 atom stereocenters. The van der Waals surface area contributed by atoms with E-state index in [0.29, 0.717) is 39.8 Å². The maximum atomic E-state index is 13.2. The minimum absolute atomic E-state index is 0.352. The van der Waals surface area contributed by atoms with Crippen LogP contribution < -0.4 is 14.9 Å². The van der Waals surface area contributed by atoms with E-state index in [0.717, 1.165) is 9.13 Å². The molecule has 0 heterocycles. The lowest BCUT2D eigenvalue weighted by Gasteiger charge is -2.27. The highest BCUT2D eigenvalue weighted by atomic mass is 127. The van der Waals surface area contributed by atoms with Gasteiger partial charge in [0.1, 0.15) is 6.61 Å². The summed E-state index contributed by atoms with van der Waals surface area (Å²) in [6.45, 7) is 0.352. The van der Waals surface area contributed by atoms with Crippen LogP contribution in [0.5, 0.6) is 11.5 Å². The van der Waals surface area contributed by atoms with Crippen LogP contribution in [0.4, 0.5) is 0 Å². The SMILES string of the molecule is COc1cc(/C=N\NC(=O)C(O)(c2ccccc2)c2ccccc2)cc(I)c1OCc1ccc(Cl)cc1. The minimum atomic E-state index is -1.91. The average molecular weight is 627 g/mol. The molecule has 0 aliphatic carbocycles. The summed E-state index contributed by atoms with van der Waals surface area (Å²) in [5.41, 5.74) is 3.11. The van der Waals surface area contributed by atoms with Gasteiger partial charge in [0, 0.05) is 5.02 Å². The number of nitrogens with one attached hydrogen (secondary N) is 1.